The molecule has 92 valence electrons. The van der Waals surface area contributed by atoms with Crippen LogP contribution in [0, 0.1) is 5.92 Å². The van der Waals surface area contributed by atoms with E-state index in [1.165, 1.54) is 7.11 Å². The van der Waals surface area contributed by atoms with Gasteiger partial charge in [0.15, 0.2) is 0 Å². The minimum atomic E-state index is -0.367. The zero-order valence-corrected chi connectivity index (χ0v) is 10.2. The van der Waals surface area contributed by atoms with E-state index in [4.69, 9.17) is 0 Å². The Balaban J connectivity index is 2.47. The zero-order valence-electron chi connectivity index (χ0n) is 10.2. The number of ether oxygens (including phenoxy) is 1. The van der Waals surface area contributed by atoms with Crippen LogP contribution < -0.4 is 5.32 Å². The maximum atomic E-state index is 11.9. The lowest BCUT2D eigenvalue weighted by atomic mass is 9.98. The van der Waals surface area contributed by atoms with Crippen LogP contribution in [0.25, 0.3) is 0 Å². The average Bonchev–Trinajstić information content (AvgIpc) is 2.18. The van der Waals surface area contributed by atoms with E-state index in [0.29, 0.717) is 12.3 Å². The number of hydrogen-bond acceptors (Lipinski definition) is 4. The SMILES string of the molecule is COC(=O)CN(C(=O)CC1CNC1)C(C)C. The summed E-state index contributed by atoms with van der Waals surface area (Å²) in [6.07, 6.45) is 0.516. The molecule has 1 fully saturated rings. The lowest BCUT2D eigenvalue weighted by Crippen LogP contribution is -2.47. The van der Waals surface area contributed by atoms with Gasteiger partial charge in [-0.2, -0.15) is 0 Å². The van der Waals surface area contributed by atoms with Gasteiger partial charge in [0.05, 0.1) is 7.11 Å². The summed E-state index contributed by atoms with van der Waals surface area (Å²) in [4.78, 5) is 24.7. The normalized spacial score (nSPS) is 15.8. The average molecular weight is 228 g/mol. The number of amides is 1. The predicted octanol–water partition coefficient (Wildman–Crippen LogP) is 0.00590. The number of nitrogens with zero attached hydrogens (tertiary/aromatic N) is 1. The number of carbonyl (C=O) groups is 2. The van der Waals surface area contributed by atoms with Crippen LogP contribution in [0.4, 0.5) is 0 Å². The molecule has 16 heavy (non-hydrogen) atoms. The third kappa shape index (κ3) is 3.48. The Bertz CT molecular complexity index is 262. The van der Waals surface area contributed by atoms with E-state index in [1.54, 1.807) is 4.90 Å². The molecule has 0 aromatic heterocycles. The second kappa shape index (κ2) is 5.84. The van der Waals surface area contributed by atoms with Crippen molar-refractivity contribution in [3.05, 3.63) is 0 Å². The Morgan fingerprint density at radius 1 is 1.44 bits per heavy atom. The predicted molar refractivity (Wildman–Crippen MR) is 59.8 cm³/mol. The first kappa shape index (κ1) is 13.0. The van der Waals surface area contributed by atoms with Crippen molar-refractivity contribution in [3.8, 4) is 0 Å². The lowest BCUT2D eigenvalue weighted by molar-refractivity contribution is -0.148. The molecule has 1 N–H and O–H groups in total. The number of rotatable bonds is 5. The molecule has 0 aromatic rings. The maximum absolute atomic E-state index is 11.9. The van der Waals surface area contributed by atoms with Gasteiger partial charge in [0.25, 0.3) is 0 Å². The molecule has 1 heterocycles. The van der Waals surface area contributed by atoms with Crippen molar-refractivity contribution in [1.82, 2.24) is 10.2 Å². The highest BCUT2D eigenvalue weighted by molar-refractivity contribution is 5.82. The van der Waals surface area contributed by atoms with Crippen LogP contribution in [-0.4, -0.2) is 49.6 Å². The lowest BCUT2D eigenvalue weighted by Gasteiger charge is -2.31. The van der Waals surface area contributed by atoms with Crippen molar-refractivity contribution in [2.24, 2.45) is 5.92 Å². The number of carbonyl (C=O) groups excluding carboxylic acids is 2. The summed E-state index contributed by atoms with van der Waals surface area (Å²) < 4.78 is 4.58. The van der Waals surface area contributed by atoms with E-state index in [9.17, 15) is 9.59 Å². The van der Waals surface area contributed by atoms with Gasteiger partial charge < -0.3 is 15.0 Å². The van der Waals surface area contributed by atoms with Crippen LogP contribution in [0.3, 0.4) is 0 Å². The molecule has 5 heteroatoms. The Morgan fingerprint density at radius 2 is 2.06 bits per heavy atom. The Hall–Kier alpha value is -1.10. The van der Waals surface area contributed by atoms with E-state index in [0.717, 1.165) is 13.1 Å². The quantitative estimate of drug-likeness (QED) is 0.673. The highest BCUT2D eigenvalue weighted by atomic mass is 16.5. The van der Waals surface area contributed by atoms with E-state index >= 15 is 0 Å². The van der Waals surface area contributed by atoms with Gasteiger partial charge in [0.1, 0.15) is 6.54 Å². The summed E-state index contributed by atoms with van der Waals surface area (Å²) in [5, 5.41) is 3.12. The number of methoxy groups -OCH3 is 1. The molecule has 0 aliphatic carbocycles. The topological polar surface area (TPSA) is 58.6 Å². The van der Waals surface area contributed by atoms with Crippen LogP contribution in [0.2, 0.25) is 0 Å². The molecule has 1 amide bonds. The van der Waals surface area contributed by atoms with Gasteiger partial charge in [-0.3, -0.25) is 9.59 Å². The highest BCUT2D eigenvalue weighted by Gasteiger charge is 2.26. The first-order valence-electron chi connectivity index (χ1n) is 5.61. The van der Waals surface area contributed by atoms with Gasteiger partial charge in [0.2, 0.25) is 5.91 Å². The molecule has 0 aromatic carbocycles. The van der Waals surface area contributed by atoms with Crippen LogP contribution >= 0.6 is 0 Å². The molecule has 0 spiro atoms. The van der Waals surface area contributed by atoms with E-state index in [2.05, 4.69) is 10.1 Å². The van der Waals surface area contributed by atoms with E-state index in [1.807, 2.05) is 13.8 Å². The molecule has 0 radical (unpaired) electrons. The largest absolute Gasteiger partial charge is 0.468 e. The molecule has 1 aliphatic rings. The van der Waals surface area contributed by atoms with E-state index in [-0.39, 0.29) is 24.5 Å². The fourth-order valence-corrected chi connectivity index (χ4v) is 1.62. The Morgan fingerprint density at radius 3 is 2.44 bits per heavy atom. The molecule has 1 aliphatic heterocycles. The number of hydrogen-bond donors (Lipinski definition) is 1. The summed E-state index contributed by atoms with van der Waals surface area (Å²) >= 11 is 0. The fourth-order valence-electron chi connectivity index (χ4n) is 1.62. The van der Waals surface area contributed by atoms with Crippen LogP contribution in [-0.2, 0) is 14.3 Å². The summed E-state index contributed by atoms with van der Waals surface area (Å²) in [5.41, 5.74) is 0. The molecule has 1 rings (SSSR count). The van der Waals surface area contributed by atoms with Gasteiger partial charge in [-0.05, 0) is 32.9 Å². The van der Waals surface area contributed by atoms with Crippen molar-refractivity contribution >= 4 is 11.9 Å². The molecular weight excluding hydrogens is 208 g/mol. The van der Waals surface area contributed by atoms with Gasteiger partial charge >= 0.3 is 5.97 Å². The second-order valence-electron chi connectivity index (χ2n) is 4.42. The first-order valence-corrected chi connectivity index (χ1v) is 5.61. The zero-order chi connectivity index (χ0) is 12.1. The summed E-state index contributed by atoms with van der Waals surface area (Å²) in [5.74, 6) is 0.0899. The number of nitrogens with one attached hydrogen (secondary N) is 1. The molecule has 0 bridgehead atoms. The highest BCUT2D eigenvalue weighted by Crippen LogP contribution is 2.12. The monoisotopic (exact) mass is 228 g/mol. The van der Waals surface area contributed by atoms with Gasteiger partial charge in [0, 0.05) is 12.5 Å². The molecule has 0 saturated carbocycles. The maximum Gasteiger partial charge on any atom is 0.325 e. The van der Waals surface area contributed by atoms with Gasteiger partial charge in [-0.15, -0.1) is 0 Å². The standard InChI is InChI=1S/C11H20N2O3/c1-8(2)13(7-11(15)16-3)10(14)4-9-5-12-6-9/h8-9,12H,4-7H2,1-3H3. The fraction of sp³-hybridized carbons (Fsp3) is 0.818. The summed E-state index contributed by atoms with van der Waals surface area (Å²) in [6, 6.07) is 0.0274. The Kier molecular flexibility index (Phi) is 4.73. The second-order valence-corrected chi connectivity index (χ2v) is 4.42. The molecular formula is C11H20N2O3. The smallest absolute Gasteiger partial charge is 0.325 e. The van der Waals surface area contributed by atoms with Crippen LogP contribution in [0.15, 0.2) is 0 Å². The van der Waals surface area contributed by atoms with E-state index < -0.39 is 0 Å². The molecule has 5 nitrogen and oxygen atoms in total. The molecule has 0 atom stereocenters. The molecule has 1 saturated heterocycles. The van der Waals surface area contributed by atoms with Crippen molar-refractivity contribution in [3.63, 3.8) is 0 Å². The van der Waals surface area contributed by atoms with Crippen molar-refractivity contribution < 1.29 is 14.3 Å². The number of esters is 1. The summed E-state index contributed by atoms with van der Waals surface area (Å²) in [7, 11) is 1.33. The van der Waals surface area contributed by atoms with Gasteiger partial charge in [-0.1, -0.05) is 0 Å². The minimum Gasteiger partial charge on any atom is -0.468 e. The van der Waals surface area contributed by atoms with Gasteiger partial charge in [-0.25, -0.2) is 0 Å². The minimum absolute atomic E-state index is 0.0274. The first-order chi connectivity index (χ1) is 7.54. The van der Waals surface area contributed by atoms with Crippen molar-refractivity contribution in [1.29, 1.82) is 0 Å². The van der Waals surface area contributed by atoms with Crippen LogP contribution in [0.1, 0.15) is 20.3 Å². The summed E-state index contributed by atoms with van der Waals surface area (Å²) in [6.45, 7) is 5.65. The van der Waals surface area contributed by atoms with Crippen molar-refractivity contribution in [2.45, 2.75) is 26.3 Å². The molecule has 0 unspecified atom stereocenters. The third-order valence-corrected chi connectivity index (χ3v) is 2.80. The van der Waals surface area contributed by atoms with Crippen molar-refractivity contribution in [2.75, 3.05) is 26.7 Å². The Labute approximate surface area is 96.1 Å². The third-order valence-electron chi connectivity index (χ3n) is 2.80. The van der Waals surface area contributed by atoms with Crippen LogP contribution in [0.5, 0.6) is 0 Å².